The Balaban J connectivity index is 1.51. The number of nitrogens with zero attached hydrogens (tertiary/aromatic N) is 6. The van der Waals surface area contributed by atoms with Gasteiger partial charge in [0.05, 0.1) is 18.6 Å². The van der Waals surface area contributed by atoms with Crippen LogP contribution in [-0.2, 0) is 9.53 Å². The number of hydrogen-bond donors (Lipinski definition) is 3. The summed E-state index contributed by atoms with van der Waals surface area (Å²) in [5.74, 6) is 0.821. The molecular weight excluding hydrogens is 512 g/mol. The van der Waals surface area contributed by atoms with Gasteiger partial charge in [-0.3, -0.25) is 4.79 Å². The third-order valence-electron chi connectivity index (χ3n) is 7.76. The number of aromatic nitrogens is 3. The highest BCUT2D eigenvalue weighted by Gasteiger charge is 2.40. The molecule has 2 aliphatic heterocycles. The number of ether oxygens (including phenoxy) is 1. The van der Waals surface area contributed by atoms with E-state index in [-0.39, 0.29) is 30.0 Å². The minimum absolute atomic E-state index is 0.00914. The number of likely N-dealkylation sites (tertiary alicyclic amines) is 2. The fourth-order valence-corrected chi connectivity index (χ4v) is 5.67. The zero-order valence-electron chi connectivity index (χ0n) is 24.3. The maximum Gasteiger partial charge on any atom is 0.407 e. The molecule has 220 valence electrons. The van der Waals surface area contributed by atoms with Gasteiger partial charge in [-0.2, -0.15) is 0 Å². The highest BCUT2D eigenvalue weighted by Crippen LogP contribution is 2.33. The highest BCUT2D eigenvalue weighted by atomic mass is 16.5. The normalized spacial score (nSPS) is 21.7. The van der Waals surface area contributed by atoms with Crippen molar-refractivity contribution in [2.75, 3.05) is 71.2 Å². The number of pyridine rings is 1. The zero-order chi connectivity index (χ0) is 28.8. The molecule has 2 amide bonds. The summed E-state index contributed by atoms with van der Waals surface area (Å²) in [6, 6.07) is 2.07. The first kappa shape index (κ1) is 29.6. The largest absolute Gasteiger partial charge is 0.465 e. The van der Waals surface area contributed by atoms with Crippen LogP contribution in [0.1, 0.15) is 39.2 Å². The van der Waals surface area contributed by atoms with Gasteiger partial charge in [-0.15, -0.1) is 0 Å². The van der Waals surface area contributed by atoms with E-state index >= 15 is 0 Å². The topological polar surface area (TPSA) is 128 Å². The number of carbonyl (C=O) groups is 2. The lowest BCUT2D eigenvalue weighted by molar-refractivity contribution is -0.125. The van der Waals surface area contributed by atoms with Crippen molar-refractivity contribution in [3.8, 4) is 0 Å². The van der Waals surface area contributed by atoms with Crippen LogP contribution in [0.5, 0.6) is 0 Å². The molecule has 4 heterocycles. The van der Waals surface area contributed by atoms with Gasteiger partial charge in [0.2, 0.25) is 5.91 Å². The van der Waals surface area contributed by atoms with E-state index in [9.17, 15) is 14.7 Å². The Labute approximate surface area is 236 Å². The molecule has 0 aromatic carbocycles. The Kier molecular flexibility index (Phi) is 9.85. The summed E-state index contributed by atoms with van der Waals surface area (Å²) in [6.07, 6.45) is 6.56. The summed E-state index contributed by atoms with van der Waals surface area (Å²) in [6.45, 7) is 7.75. The molecule has 0 aliphatic carbocycles. The molecular formula is C28H44N8O4. The molecule has 3 N–H and O–H groups in total. The number of imidazole rings is 1. The molecule has 0 bridgehead atoms. The van der Waals surface area contributed by atoms with Gasteiger partial charge in [0.15, 0.2) is 5.65 Å². The predicted molar refractivity (Wildman–Crippen MR) is 156 cm³/mol. The molecule has 3 atom stereocenters. The fourth-order valence-electron chi connectivity index (χ4n) is 5.67. The molecule has 4 rings (SSSR count). The Morgan fingerprint density at radius 2 is 2.08 bits per heavy atom. The lowest BCUT2D eigenvalue weighted by Gasteiger charge is -2.41. The summed E-state index contributed by atoms with van der Waals surface area (Å²) in [5.41, 5.74) is 2.48. The molecule has 0 spiro atoms. The molecule has 3 unspecified atom stereocenters. The summed E-state index contributed by atoms with van der Waals surface area (Å²) in [4.78, 5) is 39.8. The number of methoxy groups -OCH3 is 1. The lowest BCUT2D eigenvalue weighted by atomic mass is 9.87. The van der Waals surface area contributed by atoms with Crippen LogP contribution in [0.25, 0.3) is 11.2 Å². The Hall–Kier alpha value is -3.38. The van der Waals surface area contributed by atoms with Crippen LogP contribution in [0.3, 0.4) is 0 Å². The van der Waals surface area contributed by atoms with Crippen LogP contribution in [0.15, 0.2) is 24.5 Å². The summed E-state index contributed by atoms with van der Waals surface area (Å²) in [5, 5.41) is 17.0. The van der Waals surface area contributed by atoms with E-state index in [1.54, 1.807) is 18.1 Å². The van der Waals surface area contributed by atoms with Crippen molar-refractivity contribution < 1.29 is 19.4 Å². The first-order chi connectivity index (χ1) is 19.2. The van der Waals surface area contributed by atoms with E-state index in [4.69, 9.17) is 9.72 Å². The number of rotatable bonds is 11. The van der Waals surface area contributed by atoms with Crippen molar-refractivity contribution in [2.45, 2.75) is 51.2 Å². The summed E-state index contributed by atoms with van der Waals surface area (Å²) in [7, 11) is 5.58. The molecule has 12 heteroatoms. The number of carboxylic acid groups (broad SMARTS) is 1. The zero-order valence-corrected chi connectivity index (χ0v) is 24.3. The first-order valence-corrected chi connectivity index (χ1v) is 14.1. The van der Waals surface area contributed by atoms with Gasteiger partial charge >= 0.3 is 6.09 Å². The predicted octanol–water partition coefficient (Wildman–Crippen LogP) is 2.96. The van der Waals surface area contributed by atoms with Gasteiger partial charge in [-0.05, 0) is 53.1 Å². The van der Waals surface area contributed by atoms with Crippen molar-refractivity contribution >= 4 is 34.7 Å². The molecule has 0 radical (unpaired) electrons. The van der Waals surface area contributed by atoms with Crippen LogP contribution < -0.4 is 10.6 Å². The van der Waals surface area contributed by atoms with Crippen molar-refractivity contribution in [2.24, 2.45) is 5.92 Å². The van der Waals surface area contributed by atoms with E-state index in [2.05, 4.69) is 34.0 Å². The number of fused-ring (bicyclic) bond motifs is 1. The lowest BCUT2D eigenvalue weighted by Crippen LogP contribution is -2.52. The maximum atomic E-state index is 12.7. The average Bonchev–Trinajstić information content (AvgIpc) is 3.57. The number of piperidine rings is 1. The Bertz CT molecular complexity index is 1200. The molecule has 12 nitrogen and oxygen atoms in total. The van der Waals surface area contributed by atoms with Crippen LogP contribution in [0.4, 0.5) is 16.3 Å². The average molecular weight is 557 g/mol. The quantitative estimate of drug-likeness (QED) is 0.283. The van der Waals surface area contributed by atoms with Crippen LogP contribution in [-0.4, -0.2) is 119 Å². The number of hydrogen-bond acceptors (Lipinski definition) is 8. The van der Waals surface area contributed by atoms with Crippen LogP contribution >= 0.6 is 0 Å². The Morgan fingerprint density at radius 3 is 2.77 bits per heavy atom. The van der Waals surface area contributed by atoms with Gasteiger partial charge in [0.1, 0.15) is 11.3 Å². The van der Waals surface area contributed by atoms with Gasteiger partial charge < -0.3 is 39.7 Å². The van der Waals surface area contributed by atoms with Crippen molar-refractivity contribution in [3.05, 3.63) is 24.5 Å². The van der Waals surface area contributed by atoms with Crippen LogP contribution in [0.2, 0.25) is 0 Å². The number of carbonyl (C=O) groups excluding carboxylic acids is 1. The Morgan fingerprint density at radius 1 is 1.27 bits per heavy atom. The maximum absolute atomic E-state index is 12.7. The number of likely N-dealkylation sites (N-methyl/N-ethyl adjacent to an activating group) is 1. The third-order valence-corrected chi connectivity index (χ3v) is 7.76. The van der Waals surface area contributed by atoms with Gasteiger partial charge in [-0.25, -0.2) is 14.8 Å². The van der Waals surface area contributed by atoms with E-state index in [0.717, 1.165) is 29.1 Å². The second-order valence-corrected chi connectivity index (χ2v) is 11.3. The van der Waals surface area contributed by atoms with Crippen molar-refractivity contribution in [1.29, 1.82) is 0 Å². The first-order valence-electron chi connectivity index (χ1n) is 14.1. The van der Waals surface area contributed by atoms with Gasteiger partial charge in [0, 0.05) is 70.1 Å². The van der Waals surface area contributed by atoms with E-state index in [1.165, 1.54) is 0 Å². The standard InChI is InChI=1S/C28H44N8O4/c1-19(2)36-18-30-26-22(16-24(32-27(26)36)29-10-14-40-5)31-21-9-13-35(28(38)39)23(15-21)20-8-12-34(17-20)25(37)7-6-11-33(3)4/h6-7,16,18-21,23H,8-15,17H2,1-5H3,(H,38,39)(H2,29,31,32)/b7-6+. The molecule has 0 saturated carbocycles. The SMILES string of the molecule is COCCNc1cc(NC2CCN(C(=O)O)C(C3CCN(C(=O)/C=C/CN(C)C)C3)C2)c2ncn(C(C)C)c2n1. The number of anilines is 2. The molecule has 2 aromatic heterocycles. The van der Waals surface area contributed by atoms with Crippen LogP contribution in [0, 0.1) is 5.92 Å². The fraction of sp³-hybridized carbons (Fsp3) is 0.643. The van der Waals surface area contributed by atoms with Gasteiger partial charge in [-0.1, -0.05) is 6.08 Å². The monoisotopic (exact) mass is 556 g/mol. The van der Waals surface area contributed by atoms with E-state index in [1.807, 2.05) is 42.4 Å². The minimum atomic E-state index is -0.897. The minimum Gasteiger partial charge on any atom is -0.465 e. The number of nitrogens with one attached hydrogen (secondary N) is 2. The molecule has 40 heavy (non-hydrogen) atoms. The second-order valence-electron chi connectivity index (χ2n) is 11.3. The van der Waals surface area contributed by atoms with E-state index in [0.29, 0.717) is 52.2 Å². The smallest absolute Gasteiger partial charge is 0.407 e. The third kappa shape index (κ3) is 7.03. The molecule has 2 saturated heterocycles. The number of amides is 2. The summed E-state index contributed by atoms with van der Waals surface area (Å²) < 4.78 is 7.23. The summed E-state index contributed by atoms with van der Waals surface area (Å²) >= 11 is 0. The van der Waals surface area contributed by atoms with E-state index < -0.39 is 6.09 Å². The molecule has 2 aromatic rings. The van der Waals surface area contributed by atoms with Gasteiger partial charge in [0.25, 0.3) is 0 Å². The highest BCUT2D eigenvalue weighted by molar-refractivity contribution is 5.88. The van der Waals surface area contributed by atoms with Crippen molar-refractivity contribution in [1.82, 2.24) is 29.2 Å². The molecule has 2 fully saturated rings. The second kappa shape index (κ2) is 13.3. The molecule has 2 aliphatic rings. The van der Waals surface area contributed by atoms with Crippen molar-refractivity contribution in [3.63, 3.8) is 0 Å².